The average molecular weight is 347 g/mol. The maximum atomic E-state index is 10.8. The number of nitrogens with one attached hydrogen (secondary N) is 1. The fourth-order valence-electron chi connectivity index (χ4n) is 1.58. The molecule has 6 nitrogen and oxygen atoms in total. The molecule has 0 spiro atoms. The molecule has 1 rings (SSSR count). The lowest BCUT2D eigenvalue weighted by Crippen LogP contribution is -2.20. The molecule has 0 atom stereocenters. The van der Waals surface area contributed by atoms with Crippen LogP contribution in [0.3, 0.4) is 0 Å². The van der Waals surface area contributed by atoms with E-state index < -0.39 is 5.91 Å². The predicted molar refractivity (Wildman–Crippen MR) is 78.8 cm³/mol. The average Bonchev–Trinajstić information content (AvgIpc) is 2.38. The van der Waals surface area contributed by atoms with Crippen LogP contribution in [0.4, 0.5) is 0 Å². The zero-order chi connectivity index (χ0) is 15.0. The van der Waals surface area contributed by atoms with Crippen LogP contribution in [-0.2, 0) is 11.3 Å². The summed E-state index contributed by atoms with van der Waals surface area (Å²) in [6.07, 6.45) is 0. The zero-order valence-corrected chi connectivity index (χ0v) is 12.9. The molecule has 0 aromatic heterocycles. The lowest BCUT2D eigenvalue weighted by atomic mass is 10.2. The molecule has 1 aromatic rings. The summed E-state index contributed by atoms with van der Waals surface area (Å²) in [5.41, 5.74) is 6.04. The largest absolute Gasteiger partial charge is 0.490 e. The van der Waals surface area contributed by atoms with Crippen LogP contribution in [0.2, 0.25) is 0 Å². The number of rotatable bonds is 9. The van der Waals surface area contributed by atoms with Crippen LogP contribution in [-0.4, -0.2) is 37.4 Å². The Morgan fingerprint density at radius 1 is 1.45 bits per heavy atom. The second-order valence-corrected chi connectivity index (χ2v) is 4.85. The molecule has 0 saturated heterocycles. The van der Waals surface area contributed by atoms with Gasteiger partial charge in [-0.1, -0.05) is 0 Å². The molecule has 7 heteroatoms. The van der Waals surface area contributed by atoms with Crippen molar-refractivity contribution in [2.75, 3.05) is 26.4 Å². The number of primary amides is 1. The van der Waals surface area contributed by atoms with E-state index in [2.05, 4.69) is 21.2 Å². The molecule has 0 aliphatic heterocycles. The van der Waals surface area contributed by atoms with Crippen molar-refractivity contribution in [3.8, 4) is 11.5 Å². The van der Waals surface area contributed by atoms with Gasteiger partial charge in [0.15, 0.2) is 18.1 Å². The van der Waals surface area contributed by atoms with Crippen molar-refractivity contribution >= 4 is 21.8 Å². The van der Waals surface area contributed by atoms with E-state index in [4.69, 9.17) is 20.3 Å². The lowest BCUT2D eigenvalue weighted by molar-refractivity contribution is -0.119. The fraction of sp³-hybridized carbons (Fsp3) is 0.462. The highest BCUT2D eigenvalue weighted by Gasteiger charge is 2.13. The van der Waals surface area contributed by atoms with Crippen molar-refractivity contribution in [2.45, 2.75) is 13.5 Å². The molecule has 1 aromatic carbocycles. The molecular formula is C13H19BrN2O4. The van der Waals surface area contributed by atoms with Crippen LogP contribution < -0.4 is 20.5 Å². The highest BCUT2D eigenvalue weighted by atomic mass is 79.9. The Hall–Kier alpha value is -1.31. The molecule has 0 radical (unpaired) electrons. The van der Waals surface area contributed by atoms with Gasteiger partial charge in [0.25, 0.3) is 5.91 Å². The maximum Gasteiger partial charge on any atom is 0.255 e. The van der Waals surface area contributed by atoms with Crippen molar-refractivity contribution in [1.29, 1.82) is 0 Å². The van der Waals surface area contributed by atoms with E-state index in [-0.39, 0.29) is 13.2 Å². The monoisotopic (exact) mass is 346 g/mol. The van der Waals surface area contributed by atoms with Gasteiger partial charge < -0.3 is 25.6 Å². The Bertz CT molecular complexity index is 454. The highest BCUT2D eigenvalue weighted by molar-refractivity contribution is 9.10. The summed E-state index contributed by atoms with van der Waals surface area (Å²) >= 11 is 3.39. The van der Waals surface area contributed by atoms with Gasteiger partial charge in [-0.2, -0.15) is 0 Å². The van der Waals surface area contributed by atoms with Crippen LogP contribution in [0.5, 0.6) is 11.5 Å². The number of hydrogen-bond acceptors (Lipinski definition) is 5. The van der Waals surface area contributed by atoms with Crippen LogP contribution >= 0.6 is 15.9 Å². The highest BCUT2D eigenvalue weighted by Crippen LogP contribution is 2.36. The van der Waals surface area contributed by atoms with Gasteiger partial charge in [-0.15, -0.1) is 0 Å². The molecule has 0 aliphatic rings. The molecule has 4 N–H and O–H groups in total. The van der Waals surface area contributed by atoms with Gasteiger partial charge in [0, 0.05) is 13.1 Å². The summed E-state index contributed by atoms with van der Waals surface area (Å²) in [5, 5.41) is 11.8. The van der Waals surface area contributed by atoms with Gasteiger partial charge in [-0.25, -0.2) is 0 Å². The SMILES string of the molecule is CCOc1cc(CNCCO)cc(Br)c1OCC(N)=O. The maximum absolute atomic E-state index is 10.8. The predicted octanol–water partition coefficient (Wildman–Crippen LogP) is 0.794. The first-order valence-electron chi connectivity index (χ1n) is 6.26. The summed E-state index contributed by atoms with van der Waals surface area (Å²) in [5.74, 6) is 0.452. The number of halogens is 1. The minimum absolute atomic E-state index is 0.0826. The summed E-state index contributed by atoms with van der Waals surface area (Å²) in [7, 11) is 0. The first kappa shape index (κ1) is 16.7. The van der Waals surface area contributed by atoms with E-state index in [9.17, 15) is 4.79 Å². The van der Waals surface area contributed by atoms with Gasteiger partial charge in [-0.3, -0.25) is 4.79 Å². The van der Waals surface area contributed by atoms with Crippen molar-refractivity contribution < 1.29 is 19.4 Å². The standard InChI is InChI=1S/C13H19BrN2O4/c1-2-19-11-6-9(7-16-3-4-17)5-10(14)13(11)20-8-12(15)18/h5-6,16-17H,2-4,7-8H2,1H3,(H2,15,18). The quantitative estimate of drug-likeness (QED) is 0.575. The third-order valence-electron chi connectivity index (χ3n) is 2.35. The molecule has 0 aliphatic carbocycles. The zero-order valence-electron chi connectivity index (χ0n) is 11.3. The third kappa shape index (κ3) is 5.36. The Morgan fingerprint density at radius 3 is 2.80 bits per heavy atom. The van der Waals surface area contributed by atoms with Crippen LogP contribution in [0.15, 0.2) is 16.6 Å². The van der Waals surface area contributed by atoms with E-state index in [1.54, 1.807) is 0 Å². The van der Waals surface area contributed by atoms with E-state index in [0.717, 1.165) is 5.56 Å². The molecule has 20 heavy (non-hydrogen) atoms. The Kier molecular flexibility index (Phi) is 7.35. The number of carbonyl (C=O) groups excluding carboxylic acids is 1. The number of ether oxygens (including phenoxy) is 2. The molecule has 0 unspecified atom stereocenters. The summed E-state index contributed by atoms with van der Waals surface area (Å²) in [6.45, 7) is 3.33. The Labute approximate surface area is 126 Å². The number of aliphatic hydroxyl groups excluding tert-OH is 1. The first-order valence-corrected chi connectivity index (χ1v) is 7.05. The van der Waals surface area contributed by atoms with Crippen molar-refractivity contribution in [2.24, 2.45) is 5.73 Å². The van der Waals surface area contributed by atoms with Gasteiger partial charge >= 0.3 is 0 Å². The number of benzene rings is 1. The van der Waals surface area contributed by atoms with Crippen LogP contribution in [0.1, 0.15) is 12.5 Å². The van der Waals surface area contributed by atoms with Crippen molar-refractivity contribution in [1.82, 2.24) is 5.32 Å². The summed E-state index contributed by atoms with van der Waals surface area (Å²) in [4.78, 5) is 10.8. The molecule has 0 bridgehead atoms. The second kappa shape index (κ2) is 8.78. The number of hydrogen-bond donors (Lipinski definition) is 3. The van der Waals surface area contributed by atoms with Gasteiger partial charge in [0.2, 0.25) is 0 Å². The third-order valence-corrected chi connectivity index (χ3v) is 2.93. The fourth-order valence-corrected chi connectivity index (χ4v) is 2.19. The molecule has 0 saturated carbocycles. The van der Waals surface area contributed by atoms with E-state index in [1.165, 1.54) is 0 Å². The van der Waals surface area contributed by atoms with E-state index >= 15 is 0 Å². The smallest absolute Gasteiger partial charge is 0.255 e. The van der Waals surface area contributed by atoms with Crippen LogP contribution in [0.25, 0.3) is 0 Å². The number of amides is 1. The van der Waals surface area contributed by atoms with Crippen LogP contribution in [0, 0.1) is 0 Å². The summed E-state index contributed by atoms with van der Waals surface area (Å²) < 4.78 is 11.6. The normalized spacial score (nSPS) is 10.3. The minimum atomic E-state index is -0.548. The topological polar surface area (TPSA) is 93.8 Å². The number of nitrogens with two attached hydrogens (primary N) is 1. The van der Waals surface area contributed by atoms with Gasteiger partial charge in [0.1, 0.15) is 0 Å². The van der Waals surface area contributed by atoms with Gasteiger partial charge in [0.05, 0.1) is 17.7 Å². The molecule has 0 heterocycles. The lowest BCUT2D eigenvalue weighted by Gasteiger charge is -2.15. The Balaban J connectivity index is 2.89. The molecular weight excluding hydrogens is 328 g/mol. The number of carbonyl (C=O) groups is 1. The molecule has 1 amide bonds. The molecule has 0 fully saturated rings. The van der Waals surface area contributed by atoms with E-state index in [0.29, 0.717) is 35.7 Å². The Morgan fingerprint density at radius 2 is 2.20 bits per heavy atom. The summed E-state index contributed by atoms with van der Waals surface area (Å²) in [6, 6.07) is 3.69. The van der Waals surface area contributed by atoms with Crippen molar-refractivity contribution in [3.05, 3.63) is 22.2 Å². The second-order valence-electron chi connectivity index (χ2n) is 3.99. The minimum Gasteiger partial charge on any atom is -0.490 e. The number of aliphatic hydroxyl groups is 1. The van der Waals surface area contributed by atoms with Gasteiger partial charge in [-0.05, 0) is 40.5 Å². The van der Waals surface area contributed by atoms with E-state index in [1.807, 2.05) is 19.1 Å². The molecule has 112 valence electrons. The first-order chi connectivity index (χ1) is 9.58. The van der Waals surface area contributed by atoms with Crippen molar-refractivity contribution in [3.63, 3.8) is 0 Å².